The first-order chi connectivity index (χ1) is 24.0. The van der Waals surface area contributed by atoms with Crippen LogP contribution in [0.5, 0.6) is 0 Å². The number of fused-ring (bicyclic) bond motifs is 4. The maximum Gasteiger partial charge on any atom is -0.0147 e. The third kappa shape index (κ3) is 4.36. The summed E-state index contributed by atoms with van der Waals surface area (Å²) < 4.78 is 0. The van der Waals surface area contributed by atoms with Crippen LogP contribution in [0.25, 0.3) is 0 Å². The lowest BCUT2D eigenvalue weighted by atomic mass is 9.36. The van der Waals surface area contributed by atoms with Crippen molar-refractivity contribution in [1.82, 2.24) is 0 Å². The Labute approximate surface area is 310 Å². The molecule has 11 saturated carbocycles. The Bertz CT molecular complexity index is 1330. The summed E-state index contributed by atoms with van der Waals surface area (Å²) in [6, 6.07) is 0. The summed E-state index contributed by atoms with van der Waals surface area (Å²) in [4.78, 5) is 0. The van der Waals surface area contributed by atoms with Gasteiger partial charge in [-0.3, -0.25) is 0 Å². The van der Waals surface area contributed by atoms with Gasteiger partial charge >= 0.3 is 0 Å². The first kappa shape index (κ1) is 34.2. The van der Waals surface area contributed by atoms with Crippen LogP contribution in [0, 0.1) is 135 Å². The zero-order valence-electron chi connectivity index (χ0n) is 34.3. The van der Waals surface area contributed by atoms with Gasteiger partial charge in [0.1, 0.15) is 0 Å². The van der Waals surface area contributed by atoms with Gasteiger partial charge in [0.05, 0.1) is 0 Å². The van der Waals surface area contributed by atoms with Gasteiger partial charge < -0.3 is 0 Å². The summed E-state index contributed by atoms with van der Waals surface area (Å²) in [5.41, 5.74) is 3.28. The molecule has 0 amide bonds. The fourth-order valence-corrected chi connectivity index (χ4v) is 20.7. The Morgan fingerprint density at radius 3 is 2.16 bits per heavy atom. The monoisotopic (exact) mass is 681 g/mol. The molecule has 0 heteroatoms. The molecule has 50 heavy (non-hydrogen) atoms. The zero-order chi connectivity index (χ0) is 34.6. The van der Waals surface area contributed by atoms with E-state index in [0.717, 1.165) is 118 Å². The van der Waals surface area contributed by atoms with E-state index < -0.39 is 0 Å². The van der Waals surface area contributed by atoms with Gasteiger partial charge in [-0.05, 0) is 212 Å². The molecule has 11 aliphatic carbocycles. The molecule has 11 rings (SSSR count). The zero-order valence-corrected chi connectivity index (χ0v) is 34.3. The number of allylic oxidation sites excluding steroid dienone is 1. The van der Waals surface area contributed by atoms with Gasteiger partial charge in [-0.25, -0.2) is 0 Å². The molecule has 11 fully saturated rings. The molecular formula is C50H80. The Morgan fingerprint density at radius 2 is 1.44 bits per heavy atom. The van der Waals surface area contributed by atoms with E-state index in [1.165, 1.54) is 25.7 Å². The molecule has 0 N–H and O–H groups in total. The highest BCUT2D eigenvalue weighted by Gasteiger charge is 2.79. The van der Waals surface area contributed by atoms with Crippen molar-refractivity contribution in [2.45, 2.75) is 165 Å². The van der Waals surface area contributed by atoms with Crippen molar-refractivity contribution in [3.05, 3.63) is 12.2 Å². The van der Waals surface area contributed by atoms with E-state index in [1.54, 1.807) is 89.0 Å². The van der Waals surface area contributed by atoms with Gasteiger partial charge in [0, 0.05) is 0 Å². The molecule has 0 aromatic carbocycles. The van der Waals surface area contributed by atoms with Gasteiger partial charge in [-0.1, -0.05) is 99.1 Å². The van der Waals surface area contributed by atoms with Crippen LogP contribution in [0.15, 0.2) is 12.2 Å². The van der Waals surface area contributed by atoms with Crippen molar-refractivity contribution in [2.75, 3.05) is 0 Å². The molecule has 0 saturated heterocycles. The Kier molecular flexibility index (Phi) is 7.96. The first-order valence-corrected chi connectivity index (χ1v) is 23.6. The smallest absolute Gasteiger partial charge is 0.0147 e. The second kappa shape index (κ2) is 11.6. The molecule has 280 valence electrons. The molecule has 0 aliphatic heterocycles. The Morgan fingerprint density at radius 1 is 0.680 bits per heavy atom. The lowest BCUT2D eigenvalue weighted by molar-refractivity contribution is -0.205. The van der Waals surface area contributed by atoms with Crippen molar-refractivity contribution in [1.29, 1.82) is 0 Å². The standard InChI is InChI=1S/C50H80/c1-10-36-29(6)19-33-21-39(32-14-11-12-15-32)41-23-40(41)37-16-13-17-43(28(4)5)49-24-34-22-44(34)48(49,9)26-42-30(7)20-35(25-49)50(46(33)37)45(42)31(8)38(47(36)50)18-27(2)3/h27,29-47H,4,10-26H2,1-3,5-9H3. The van der Waals surface area contributed by atoms with Crippen LogP contribution in [0.1, 0.15) is 165 Å². The summed E-state index contributed by atoms with van der Waals surface area (Å²) in [6.07, 6.45) is 26.7. The molecule has 11 aliphatic rings. The quantitative estimate of drug-likeness (QED) is 0.254. The number of rotatable bonds is 5. The topological polar surface area (TPSA) is 0 Å². The molecule has 0 aromatic rings. The van der Waals surface area contributed by atoms with Crippen LogP contribution in [-0.2, 0) is 0 Å². The minimum atomic E-state index is 0.528. The third-order valence-electron chi connectivity index (χ3n) is 21.7. The highest BCUT2D eigenvalue weighted by atomic mass is 14.8. The fourth-order valence-electron chi connectivity index (χ4n) is 20.7. The molecule has 21 atom stereocenters. The van der Waals surface area contributed by atoms with E-state index in [2.05, 4.69) is 55.4 Å². The van der Waals surface area contributed by atoms with Crippen LogP contribution >= 0.6 is 0 Å². The molecule has 21 unspecified atom stereocenters. The molecule has 4 bridgehead atoms. The van der Waals surface area contributed by atoms with Gasteiger partial charge in [-0.15, -0.1) is 0 Å². The summed E-state index contributed by atoms with van der Waals surface area (Å²) >= 11 is 0. The number of hydrogen-bond donors (Lipinski definition) is 0. The summed E-state index contributed by atoms with van der Waals surface area (Å²) in [6.45, 7) is 26.9. The fraction of sp³-hybridized carbons (Fsp3) is 0.960. The molecule has 2 spiro atoms. The third-order valence-corrected chi connectivity index (χ3v) is 21.7. The minimum absolute atomic E-state index is 0.528. The van der Waals surface area contributed by atoms with Crippen LogP contribution in [-0.4, -0.2) is 0 Å². The Balaban J connectivity index is 1.23. The van der Waals surface area contributed by atoms with Gasteiger partial charge in [-0.2, -0.15) is 0 Å². The average Bonchev–Trinajstić information content (AvgIpc) is 3.93. The van der Waals surface area contributed by atoms with Crippen LogP contribution in [0.3, 0.4) is 0 Å². The first-order valence-electron chi connectivity index (χ1n) is 23.6. The maximum atomic E-state index is 4.96. The summed E-state index contributed by atoms with van der Waals surface area (Å²) in [5.74, 6) is 19.7. The second-order valence-electron chi connectivity index (χ2n) is 23.6. The van der Waals surface area contributed by atoms with E-state index in [-0.39, 0.29) is 0 Å². The second-order valence-corrected chi connectivity index (χ2v) is 23.6. The van der Waals surface area contributed by atoms with Gasteiger partial charge in [0.15, 0.2) is 0 Å². The largest absolute Gasteiger partial charge is 0.0998 e. The van der Waals surface area contributed by atoms with Crippen molar-refractivity contribution in [3.63, 3.8) is 0 Å². The SMILES string of the molecule is C=C(C)C1CCCC2C3CC3C(C3CCCC3)CC3CC(C)C(CC)C4C(CC(C)C)C(C)C5C6CC7(C)C8CC8CC17CC(CC6C)C54C32. The lowest BCUT2D eigenvalue weighted by Crippen LogP contribution is -2.63. The van der Waals surface area contributed by atoms with E-state index in [9.17, 15) is 0 Å². The van der Waals surface area contributed by atoms with E-state index in [0.29, 0.717) is 16.2 Å². The van der Waals surface area contributed by atoms with Gasteiger partial charge in [0.2, 0.25) is 0 Å². The van der Waals surface area contributed by atoms with Gasteiger partial charge in [0.25, 0.3) is 0 Å². The van der Waals surface area contributed by atoms with Crippen LogP contribution in [0.4, 0.5) is 0 Å². The Hall–Kier alpha value is -0.260. The number of hydrogen-bond acceptors (Lipinski definition) is 0. The van der Waals surface area contributed by atoms with Crippen molar-refractivity contribution in [3.8, 4) is 0 Å². The molecule has 0 nitrogen and oxygen atoms in total. The molecular weight excluding hydrogens is 601 g/mol. The highest BCUT2D eigenvalue weighted by Crippen LogP contribution is 2.85. The lowest BCUT2D eigenvalue weighted by Gasteiger charge is -2.69. The molecule has 0 radical (unpaired) electrons. The maximum absolute atomic E-state index is 4.96. The van der Waals surface area contributed by atoms with E-state index in [4.69, 9.17) is 6.58 Å². The van der Waals surface area contributed by atoms with E-state index in [1.807, 2.05) is 0 Å². The van der Waals surface area contributed by atoms with Crippen molar-refractivity contribution >= 4 is 0 Å². The van der Waals surface area contributed by atoms with Crippen molar-refractivity contribution < 1.29 is 0 Å². The predicted octanol–water partition coefficient (Wildman–Crippen LogP) is 13.8. The van der Waals surface area contributed by atoms with Crippen molar-refractivity contribution in [2.24, 2.45) is 135 Å². The highest BCUT2D eigenvalue weighted by molar-refractivity contribution is 5.29. The average molecular weight is 681 g/mol. The van der Waals surface area contributed by atoms with Crippen LogP contribution in [0.2, 0.25) is 0 Å². The molecule has 0 heterocycles. The predicted molar refractivity (Wildman–Crippen MR) is 210 cm³/mol. The minimum Gasteiger partial charge on any atom is -0.0998 e. The van der Waals surface area contributed by atoms with E-state index >= 15 is 0 Å². The molecule has 0 aromatic heterocycles. The van der Waals surface area contributed by atoms with Crippen LogP contribution < -0.4 is 0 Å². The summed E-state index contributed by atoms with van der Waals surface area (Å²) in [5, 5.41) is 0. The normalized spacial score (nSPS) is 60.6. The summed E-state index contributed by atoms with van der Waals surface area (Å²) in [7, 11) is 0.